The number of rotatable bonds is 2. The third-order valence-electron chi connectivity index (χ3n) is 2.23. The molecule has 0 saturated heterocycles. The van der Waals surface area contributed by atoms with Gasteiger partial charge in [0.2, 0.25) is 0 Å². The molecule has 4 heteroatoms. The molecule has 2 rings (SSSR count). The molecule has 76 valence electrons. The third-order valence-corrected chi connectivity index (χ3v) is 3.07. The summed E-state index contributed by atoms with van der Waals surface area (Å²) in [7, 11) is 0. The summed E-state index contributed by atoms with van der Waals surface area (Å²) in [5.74, 6) is 0. The van der Waals surface area contributed by atoms with E-state index in [1.54, 1.807) is 23.5 Å². The lowest BCUT2D eigenvalue weighted by Gasteiger charge is -1.99. The van der Waals surface area contributed by atoms with Gasteiger partial charge in [0.25, 0.3) is 5.69 Å². The molecule has 1 aromatic heterocycles. The fourth-order valence-electron chi connectivity index (χ4n) is 1.47. The molecule has 0 aliphatic carbocycles. The molecule has 0 bridgehead atoms. The van der Waals surface area contributed by atoms with E-state index in [9.17, 15) is 10.1 Å². The number of hydrogen-bond acceptors (Lipinski definition) is 3. The van der Waals surface area contributed by atoms with Crippen molar-refractivity contribution in [1.29, 1.82) is 0 Å². The van der Waals surface area contributed by atoms with Crippen LogP contribution in [0, 0.1) is 17.0 Å². The highest BCUT2D eigenvalue weighted by molar-refractivity contribution is 7.10. The van der Waals surface area contributed by atoms with Crippen LogP contribution in [0.1, 0.15) is 4.88 Å². The maximum absolute atomic E-state index is 10.6. The molecule has 1 heterocycles. The van der Waals surface area contributed by atoms with Gasteiger partial charge in [0.15, 0.2) is 0 Å². The van der Waals surface area contributed by atoms with E-state index in [-0.39, 0.29) is 10.6 Å². The second-order valence-corrected chi connectivity index (χ2v) is 4.32. The van der Waals surface area contributed by atoms with Crippen molar-refractivity contribution >= 4 is 17.0 Å². The van der Waals surface area contributed by atoms with Gasteiger partial charge >= 0.3 is 0 Å². The van der Waals surface area contributed by atoms with Crippen LogP contribution in [0.15, 0.2) is 35.7 Å². The molecule has 3 nitrogen and oxygen atoms in total. The Labute approximate surface area is 91.1 Å². The highest BCUT2D eigenvalue weighted by atomic mass is 32.1. The summed E-state index contributed by atoms with van der Waals surface area (Å²) in [4.78, 5) is 11.4. The van der Waals surface area contributed by atoms with Crippen LogP contribution in [0.3, 0.4) is 0 Å². The summed E-state index contributed by atoms with van der Waals surface area (Å²) < 4.78 is 0. The number of nitrogens with zero attached hydrogens (tertiary/aromatic N) is 1. The molecule has 2 aromatic rings. The SMILES string of the molecule is Cc1sccc1-c1cccc([N+](=O)[O-])c1. The molecule has 0 N–H and O–H groups in total. The van der Waals surface area contributed by atoms with Crippen molar-refractivity contribution < 1.29 is 4.92 Å². The number of benzene rings is 1. The Hall–Kier alpha value is -1.68. The molecule has 0 aliphatic heterocycles. The third kappa shape index (κ3) is 1.89. The summed E-state index contributed by atoms with van der Waals surface area (Å²) >= 11 is 1.64. The molecule has 0 atom stereocenters. The van der Waals surface area contributed by atoms with Crippen LogP contribution in [0.5, 0.6) is 0 Å². The van der Waals surface area contributed by atoms with Gasteiger partial charge < -0.3 is 0 Å². The standard InChI is InChI=1S/C11H9NO2S/c1-8-11(5-6-15-8)9-3-2-4-10(7-9)12(13)14/h2-7H,1H3. The van der Waals surface area contributed by atoms with Crippen LogP contribution in [0.4, 0.5) is 5.69 Å². The van der Waals surface area contributed by atoms with Gasteiger partial charge in [-0.2, -0.15) is 0 Å². The lowest BCUT2D eigenvalue weighted by Crippen LogP contribution is -1.87. The Morgan fingerprint density at radius 3 is 2.73 bits per heavy atom. The van der Waals surface area contributed by atoms with Crippen molar-refractivity contribution in [2.24, 2.45) is 0 Å². The number of thiophene rings is 1. The zero-order chi connectivity index (χ0) is 10.8. The molecule has 0 aliphatic rings. The number of non-ortho nitro benzene ring substituents is 1. The van der Waals surface area contributed by atoms with Crippen LogP contribution in [-0.4, -0.2) is 4.92 Å². The number of aryl methyl sites for hydroxylation is 1. The maximum Gasteiger partial charge on any atom is 0.270 e. The van der Waals surface area contributed by atoms with Gasteiger partial charge in [-0.3, -0.25) is 10.1 Å². The van der Waals surface area contributed by atoms with Crippen LogP contribution in [0.2, 0.25) is 0 Å². The normalized spacial score (nSPS) is 10.2. The number of hydrogen-bond donors (Lipinski definition) is 0. The topological polar surface area (TPSA) is 43.1 Å². The van der Waals surface area contributed by atoms with E-state index in [1.807, 2.05) is 24.4 Å². The van der Waals surface area contributed by atoms with Gasteiger partial charge in [-0.15, -0.1) is 11.3 Å². The van der Waals surface area contributed by atoms with E-state index in [1.165, 1.54) is 10.9 Å². The fraction of sp³-hybridized carbons (Fsp3) is 0.0909. The molecular weight excluding hydrogens is 210 g/mol. The first-order valence-electron chi connectivity index (χ1n) is 4.47. The van der Waals surface area contributed by atoms with Gasteiger partial charge in [0.1, 0.15) is 0 Å². The largest absolute Gasteiger partial charge is 0.270 e. The predicted octanol–water partition coefficient (Wildman–Crippen LogP) is 3.63. The van der Waals surface area contributed by atoms with E-state index < -0.39 is 0 Å². The van der Waals surface area contributed by atoms with Gasteiger partial charge in [-0.05, 0) is 29.5 Å². The molecular formula is C11H9NO2S. The highest BCUT2D eigenvalue weighted by Gasteiger charge is 2.08. The molecule has 0 spiro atoms. The zero-order valence-electron chi connectivity index (χ0n) is 8.14. The highest BCUT2D eigenvalue weighted by Crippen LogP contribution is 2.29. The predicted molar refractivity (Wildman–Crippen MR) is 61.1 cm³/mol. The van der Waals surface area contributed by atoms with Crippen molar-refractivity contribution in [2.75, 3.05) is 0 Å². The summed E-state index contributed by atoms with van der Waals surface area (Å²) in [6, 6.07) is 8.70. The van der Waals surface area contributed by atoms with Crippen LogP contribution >= 0.6 is 11.3 Å². The summed E-state index contributed by atoms with van der Waals surface area (Å²) in [5, 5.41) is 12.6. The lowest BCUT2D eigenvalue weighted by atomic mass is 10.1. The smallest absolute Gasteiger partial charge is 0.258 e. The molecule has 0 amide bonds. The Balaban J connectivity index is 2.50. The summed E-state index contributed by atoms with van der Waals surface area (Å²) in [5.41, 5.74) is 2.12. The van der Waals surface area contributed by atoms with E-state index in [0.717, 1.165) is 11.1 Å². The molecule has 0 saturated carbocycles. The average molecular weight is 219 g/mol. The Morgan fingerprint density at radius 1 is 1.33 bits per heavy atom. The van der Waals surface area contributed by atoms with Gasteiger partial charge in [0.05, 0.1) is 4.92 Å². The molecule has 0 radical (unpaired) electrons. The Kier molecular flexibility index (Phi) is 2.51. The first-order chi connectivity index (χ1) is 7.18. The van der Waals surface area contributed by atoms with E-state index in [0.29, 0.717) is 0 Å². The first kappa shape index (κ1) is 9.86. The zero-order valence-corrected chi connectivity index (χ0v) is 8.95. The van der Waals surface area contributed by atoms with Crippen LogP contribution in [-0.2, 0) is 0 Å². The molecule has 0 unspecified atom stereocenters. The average Bonchev–Trinajstić information content (AvgIpc) is 2.64. The minimum atomic E-state index is -0.370. The molecule has 15 heavy (non-hydrogen) atoms. The fourth-order valence-corrected chi connectivity index (χ4v) is 2.19. The monoisotopic (exact) mass is 219 g/mol. The van der Waals surface area contributed by atoms with Crippen molar-refractivity contribution in [3.8, 4) is 11.1 Å². The number of nitro benzene ring substituents is 1. The Bertz CT molecular complexity index is 505. The van der Waals surface area contributed by atoms with Crippen molar-refractivity contribution in [1.82, 2.24) is 0 Å². The maximum atomic E-state index is 10.6. The molecule has 0 fully saturated rings. The van der Waals surface area contributed by atoms with Crippen LogP contribution in [0.25, 0.3) is 11.1 Å². The molecule has 1 aromatic carbocycles. The minimum absolute atomic E-state index is 0.137. The summed E-state index contributed by atoms with van der Waals surface area (Å²) in [6.45, 7) is 2.01. The Morgan fingerprint density at radius 2 is 2.13 bits per heavy atom. The lowest BCUT2D eigenvalue weighted by molar-refractivity contribution is -0.384. The van der Waals surface area contributed by atoms with Gasteiger partial charge in [-0.1, -0.05) is 12.1 Å². The number of nitro groups is 1. The van der Waals surface area contributed by atoms with Crippen molar-refractivity contribution in [3.05, 3.63) is 50.7 Å². The van der Waals surface area contributed by atoms with Crippen molar-refractivity contribution in [3.63, 3.8) is 0 Å². The van der Waals surface area contributed by atoms with Gasteiger partial charge in [-0.25, -0.2) is 0 Å². The summed E-state index contributed by atoms with van der Waals surface area (Å²) in [6.07, 6.45) is 0. The quantitative estimate of drug-likeness (QED) is 0.571. The van der Waals surface area contributed by atoms with Gasteiger partial charge in [0, 0.05) is 17.0 Å². The van der Waals surface area contributed by atoms with E-state index >= 15 is 0 Å². The van der Waals surface area contributed by atoms with E-state index in [2.05, 4.69) is 0 Å². The second kappa shape index (κ2) is 3.82. The first-order valence-corrected chi connectivity index (χ1v) is 5.35. The van der Waals surface area contributed by atoms with Crippen molar-refractivity contribution in [2.45, 2.75) is 6.92 Å². The van der Waals surface area contributed by atoms with E-state index in [4.69, 9.17) is 0 Å². The van der Waals surface area contributed by atoms with Crippen LogP contribution < -0.4 is 0 Å². The minimum Gasteiger partial charge on any atom is -0.258 e. The second-order valence-electron chi connectivity index (χ2n) is 3.20.